The molecule has 1 fully saturated rings. The van der Waals surface area contributed by atoms with Gasteiger partial charge in [-0.1, -0.05) is 12.2 Å². The summed E-state index contributed by atoms with van der Waals surface area (Å²) in [6, 6.07) is 0. The lowest BCUT2D eigenvalue weighted by Crippen LogP contribution is -2.47. The maximum absolute atomic E-state index is 11.6. The Morgan fingerprint density at radius 1 is 1.44 bits per heavy atom. The lowest BCUT2D eigenvalue weighted by atomic mass is 9.66. The summed E-state index contributed by atoms with van der Waals surface area (Å²) < 4.78 is 0. The molecule has 1 unspecified atom stereocenters. The first-order chi connectivity index (χ1) is 7.65. The normalized spacial score (nSPS) is 30.2. The fourth-order valence-electron chi connectivity index (χ4n) is 3.03. The number of rotatable bonds is 2. The molecule has 0 radical (unpaired) electrons. The summed E-state index contributed by atoms with van der Waals surface area (Å²) in [6.07, 6.45) is 9.23. The van der Waals surface area contributed by atoms with Crippen LogP contribution in [0.15, 0.2) is 12.2 Å². The van der Waals surface area contributed by atoms with E-state index >= 15 is 0 Å². The molecule has 1 atom stereocenters. The van der Waals surface area contributed by atoms with Crippen LogP contribution >= 0.6 is 0 Å². The van der Waals surface area contributed by atoms with Crippen molar-refractivity contribution >= 4 is 5.97 Å². The van der Waals surface area contributed by atoms with Gasteiger partial charge in [-0.3, -0.25) is 4.79 Å². The van der Waals surface area contributed by atoms with E-state index in [2.05, 4.69) is 24.1 Å². The minimum absolute atomic E-state index is 0.257. The molecule has 0 spiro atoms. The van der Waals surface area contributed by atoms with E-state index in [0.717, 1.165) is 45.2 Å². The second kappa shape index (κ2) is 4.58. The van der Waals surface area contributed by atoms with Crippen molar-refractivity contribution < 1.29 is 9.90 Å². The SMILES string of the molecule is CN1CCC(C(=O)O)(C2C=CCCC2)CC1. The molecular weight excluding hydrogens is 202 g/mol. The van der Waals surface area contributed by atoms with Gasteiger partial charge in [-0.05, 0) is 58.2 Å². The number of piperidine rings is 1. The third-order valence-electron chi connectivity index (χ3n) is 4.27. The number of carbonyl (C=O) groups is 1. The lowest BCUT2D eigenvalue weighted by Gasteiger charge is -2.42. The minimum atomic E-state index is -0.586. The number of carboxylic acid groups (broad SMARTS) is 1. The van der Waals surface area contributed by atoms with Crippen molar-refractivity contribution in [3.05, 3.63) is 12.2 Å². The van der Waals surface area contributed by atoms with Gasteiger partial charge in [0.1, 0.15) is 0 Å². The number of likely N-dealkylation sites (tertiary alicyclic amines) is 1. The molecule has 1 heterocycles. The van der Waals surface area contributed by atoms with E-state index in [9.17, 15) is 9.90 Å². The second-order valence-electron chi connectivity index (χ2n) is 5.23. The van der Waals surface area contributed by atoms with Gasteiger partial charge in [0.15, 0.2) is 0 Å². The topological polar surface area (TPSA) is 40.5 Å². The first-order valence-electron chi connectivity index (χ1n) is 6.24. The molecule has 0 saturated carbocycles. The Morgan fingerprint density at radius 2 is 2.12 bits per heavy atom. The molecule has 90 valence electrons. The zero-order valence-electron chi connectivity index (χ0n) is 9.98. The Hall–Kier alpha value is -0.830. The van der Waals surface area contributed by atoms with Crippen LogP contribution in [0.1, 0.15) is 32.1 Å². The quantitative estimate of drug-likeness (QED) is 0.729. The number of allylic oxidation sites excluding steroid dienone is 2. The van der Waals surface area contributed by atoms with Gasteiger partial charge in [0.2, 0.25) is 0 Å². The van der Waals surface area contributed by atoms with Gasteiger partial charge in [-0.25, -0.2) is 0 Å². The van der Waals surface area contributed by atoms with Crippen LogP contribution in [0.25, 0.3) is 0 Å². The first kappa shape index (κ1) is 11.6. The fourth-order valence-corrected chi connectivity index (χ4v) is 3.03. The Labute approximate surface area is 97.1 Å². The highest BCUT2D eigenvalue weighted by Gasteiger charge is 2.46. The number of hydrogen-bond acceptors (Lipinski definition) is 2. The highest BCUT2D eigenvalue weighted by Crippen LogP contribution is 2.43. The largest absolute Gasteiger partial charge is 0.481 e. The summed E-state index contributed by atoms with van der Waals surface area (Å²) in [4.78, 5) is 13.9. The van der Waals surface area contributed by atoms with Crippen molar-refractivity contribution in [3.8, 4) is 0 Å². The maximum atomic E-state index is 11.6. The van der Waals surface area contributed by atoms with Crippen LogP contribution in [0.5, 0.6) is 0 Å². The third kappa shape index (κ3) is 2.01. The maximum Gasteiger partial charge on any atom is 0.310 e. The molecule has 0 aromatic heterocycles. The average Bonchev–Trinajstić information content (AvgIpc) is 2.31. The summed E-state index contributed by atoms with van der Waals surface area (Å²) in [5.41, 5.74) is -0.483. The van der Waals surface area contributed by atoms with Gasteiger partial charge in [0, 0.05) is 0 Å². The van der Waals surface area contributed by atoms with Gasteiger partial charge in [0.05, 0.1) is 5.41 Å². The van der Waals surface area contributed by atoms with Crippen LogP contribution in [0, 0.1) is 11.3 Å². The molecule has 3 nitrogen and oxygen atoms in total. The van der Waals surface area contributed by atoms with Crippen molar-refractivity contribution in [1.82, 2.24) is 4.90 Å². The van der Waals surface area contributed by atoms with Crippen molar-refractivity contribution in [1.29, 1.82) is 0 Å². The van der Waals surface area contributed by atoms with E-state index in [-0.39, 0.29) is 5.92 Å². The van der Waals surface area contributed by atoms with Gasteiger partial charge >= 0.3 is 5.97 Å². The minimum Gasteiger partial charge on any atom is -0.481 e. The highest BCUT2D eigenvalue weighted by molar-refractivity contribution is 5.75. The summed E-state index contributed by atoms with van der Waals surface area (Å²) in [5, 5.41) is 9.57. The Bertz CT molecular complexity index is 290. The zero-order valence-corrected chi connectivity index (χ0v) is 9.98. The molecule has 1 N–H and O–H groups in total. The Morgan fingerprint density at radius 3 is 2.62 bits per heavy atom. The van der Waals surface area contributed by atoms with Crippen molar-refractivity contribution in [3.63, 3.8) is 0 Å². The fraction of sp³-hybridized carbons (Fsp3) is 0.769. The van der Waals surface area contributed by atoms with E-state index in [4.69, 9.17) is 0 Å². The highest BCUT2D eigenvalue weighted by atomic mass is 16.4. The summed E-state index contributed by atoms with van der Waals surface area (Å²) >= 11 is 0. The molecule has 16 heavy (non-hydrogen) atoms. The van der Waals surface area contributed by atoms with E-state index in [0.29, 0.717) is 0 Å². The van der Waals surface area contributed by atoms with Gasteiger partial charge in [-0.15, -0.1) is 0 Å². The zero-order chi connectivity index (χ0) is 11.6. The van der Waals surface area contributed by atoms with E-state index in [1.807, 2.05) is 0 Å². The summed E-state index contributed by atoms with van der Waals surface area (Å²) in [7, 11) is 2.07. The number of aliphatic carboxylic acids is 1. The number of hydrogen-bond donors (Lipinski definition) is 1. The Kier molecular flexibility index (Phi) is 3.33. The van der Waals surface area contributed by atoms with Crippen LogP contribution in [0.4, 0.5) is 0 Å². The van der Waals surface area contributed by atoms with Crippen LogP contribution in [-0.2, 0) is 4.79 Å². The second-order valence-corrected chi connectivity index (χ2v) is 5.23. The van der Waals surface area contributed by atoms with E-state index in [1.165, 1.54) is 0 Å². The average molecular weight is 223 g/mol. The monoisotopic (exact) mass is 223 g/mol. The number of carboxylic acids is 1. The predicted molar refractivity (Wildman–Crippen MR) is 63.3 cm³/mol. The molecule has 0 amide bonds. The summed E-state index contributed by atoms with van der Waals surface area (Å²) in [5.74, 6) is -0.329. The smallest absolute Gasteiger partial charge is 0.310 e. The van der Waals surface area contributed by atoms with Crippen LogP contribution in [0.3, 0.4) is 0 Å². The molecule has 2 rings (SSSR count). The van der Waals surface area contributed by atoms with Crippen molar-refractivity contribution in [2.75, 3.05) is 20.1 Å². The molecular formula is C13H21NO2. The van der Waals surface area contributed by atoms with Crippen molar-refractivity contribution in [2.24, 2.45) is 11.3 Å². The Balaban J connectivity index is 2.18. The molecule has 0 aromatic carbocycles. The molecule has 1 aliphatic heterocycles. The standard InChI is InChI=1S/C13H21NO2/c1-14-9-7-13(8-10-14,12(15)16)11-5-3-2-4-6-11/h3,5,11H,2,4,6-10H2,1H3,(H,15,16). The lowest BCUT2D eigenvalue weighted by molar-refractivity contribution is -0.155. The predicted octanol–water partition coefficient (Wildman–Crippen LogP) is 2.14. The van der Waals surface area contributed by atoms with Crippen LogP contribution < -0.4 is 0 Å². The molecule has 3 heteroatoms. The van der Waals surface area contributed by atoms with E-state index in [1.54, 1.807) is 0 Å². The van der Waals surface area contributed by atoms with Gasteiger partial charge in [0.25, 0.3) is 0 Å². The third-order valence-corrected chi connectivity index (χ3v) is 4.27. The summed E-state index contributed by atoms with van der Waals surface area (Å²) in [6.45, 7) is 1.83. The molecule has 0 bridgehead atoms. The molecule has 2 aliphatic rings. The molecule has 1 aliphatic carbocycles. The van der Waals surface area contributed by atoms with Gasteiger partial charge in [-0.2, -0.15) is 0 Å². The first-order valence-corrected chi connectivity index (χ1v) is 6.24. The van der Waals surface area contributed by atoms with E-state index < -0.39 is 11.4 Å². The number of nitrogens with zero attached hydrogens (tertiary/aromatic N) is 1. The van der Waals surface area contributed by atoms with Gasteiger partial charge < -0.3 is 10.0 Å². The van der Waals surface area contributed by atoms with Crippen LogP contribution in [0.2, 0.25) is 0 Å². The van der Waals surface area contributed by atoms with Crippen molar-refractivity contribution in [2.45, 2.75) is 32.1 Å². The van der Waals surface area contributed by atoms with Crippen LogP contribution in [-0.4, -0.2) is 36.1 Å². The molecule has 1 saturated heterocycles. The molecule has 0 aromatic rings.